The van der Waals surface area contributed by atoms with Crippen molar-refractivity contribution in [3.8, 4) is 5.75 Å². The first-order valence-electron chi connectivity index (χ1n) is 7.33. The van der Waals surface area contributed by atoms with Crippen LogP contribution in [0.2, 0.25) is 0 Å². The number of nitrogens with zero attached hydrogens (tertiary/aromatic N) is 3. The van der Waals surface area contributed by atoms with Crippen molar-refractivity contribution in [2.75, 3.05) is 13.7 Å². The average molecular weight is 341 g/mol. The zero-order valence-electron chi connectivity index (χ0n) is 12.9. The van der Waals surface area contributed by atoms with E-state index in [1.807, 2.05) is 4.90 Å². The van der Waals surface area contributed by atoms with Crippen LogP contribution in [0, 0.1) is 5.82 Å². The Bertz CT molecular complexity index is 749. The summed E-state index contributed by atoms with van der Waals surface area (Å²) < 4.78 is 56.9. The van der Waals surface area contributed by atoms with Crippen LogP contribution in [0.15, 0.2) is 24.4 Å². The molecule has 0 N–H and O–H groups in total. The maximum atomic E-state index is 14.0. The van der Waals surface area contributed by atoms with Crippen molar-refractivity contribution in [1.29, 1.82) is 0 Å². The molecule has 24 heavy (non-hydrogen) atoms. The van der Waals surface area contributed by atoms with Crippen molar-refractivity contribution >= 4 is 0 Å². The summed E-state index contributed by atoms with van der Waals surface area (Å²) >= 11 is 0. The van der Waals surface area contributed by atoms with Crippen LogP contribution in [0.25, 0.3) is 0 Å². The van der Waals surface area contributed by atoms with Gasteiger partial charge in [-0.15, -0.1) is 0 Å². The number of hydrogen-bond donors (Lipinski definition) is 0. The predicted octanol–water partition coefficient (Wildman–Crippen LogP) is 3.20. The van der Waals surface area contributed by atoms with E-state index >= 15 is 0 Å². The standard InChI is InChI=1S/C16H15F4N3O/c1-24-12-3-2-10(13(17)6-12)8-23-5-4-14-11(9-23)7-21-15(22-14)16(18,19)20/h2-3,6-7H,4-5,8-9H2,1H3. The van der Waals surface area contributed by atoms with Gasteiger partial charge in [-0.1, -0.05) is 6.07 Å². The number of halogens is 4. The van der Waals surface area contributed by atoms with E-state index in [2.05, 4.69) is 9.97 Å². The fourth-order valence-electron chi connectivity index (χ4n) is 2.67. The van der Waals surface area contributed by atoms with Crippen LogP contribution < -0.4 is 4.74 Å². The van der Waals surface area contributed by atoms with E-state index < -0.39 is 12.0 Å². The molecule has 8 heteroatoms. The van der Waals surface area contributed by atoms with Gasteiger partial charge in [-0.2, -0.15) is 13.2 Å². The minimum atomic E-state index is -4.54. The predicted molar refractivity (Wildman–Crippen MR) is 77.8 cm³/mol. The third-order valence-corrected chi connectivity index (χ3v) is 3.92. The summed E-state index contributed by atoms with van der Waals surface area (Å²) in [6, 6.07) is 4.63. The molecule has 0 unspecified atom stereocenters. The third-order valence-electron chi connectivity index (χ3n) is 3.92. The molecule has 0 fully saturated rings. The molecule has 1 aromatic carbocycles. The van der Waals surface area contributed by atoms with Gasteiger partial charge >= 0.3 is 6.18 Å². The summed E-state index contributed by atoms with van der Waals surface area (Å²) in [5.41, 5.74) is 1.55. The van der Waals surface area contributed by atoms with Gasteiger partial charge in [-0.05, 0) is 6.07 Å². The number of ether oxygens (including phenoxy) is 1. The van der Waals surface area contributed by atoms with Crippen LogP contribution >= 0.6 is 0 Å². The number of alkyl halides is 3. The van der Waals surface area contributed by atoms with E-state index in [1.165, 1.54) is 19.4 Å². The molecule has 0 radical (unpaired) electrons. The molecule has 2 aromatic rings. The summed E-state index contributed by atoms with van der Waals surface area (Å²) in [7, 11) is 1.46. The van der Waals surface area contributed by atoms with Gasteiger partial charge in [0, 0.05) is 49.4 Å². The molecule has 2 heterocycles. The molecule has 1 aliphatic heterocycles. The highest BCUT2D eigenvalue weighted by atomic mass is 19.4. The van der Waals surface area contributed by atoms with Crippen LogP contribution in [-0.4, -0.2) is 28.5 Å². The number of benzene rings is 1. The Morgan fingerprint density at radius 3 is 2.75 bits per heavy atom. The molecule has 0 saturated heterocycles. The SMILES string of the molecule is COc1ccc(CN2CCc3nc(C(F)(F)F)ncc3C2)c(F)c1. The molecule has 3 rings (SSSR count). The Hall–Kier alpha value is -2.22. The van der Waals surface area contributed by atoms with E-state index in [4.69, 9.17) is 4.74 Å². The monoisotopic (exact) mass is 341 g/mol. The average Bonchev–Trinajstić information content (AvgIpc) is 2.55. The maximum absolute atomic E-state index is 14.0. The fraction of sp³-hybridized carbons (Fsp3) is 0.375. The number of hydrogen-bond acceptors (Lipinski definition) is 4. The second-order valence-electron chi connectivity index (χ2n) is 5.58. The normalized spacial score (nSPS) is 15.2. The summed E-state index contributed by atoms with van der Waals surface area (Å²) in [6.45, 7) is 1.25. The molecule has 0 aliphatic carbocycles. The minimum absolute atomic E-state index is 0.357. The van der Waals surface area contributed by atoms with Crippen LogP contribution in [0.5, 0.6) is 5.75 Å². The lowest BCUT2D eigenvalue weighted by Crippen LogP contribution is -2.32. The molecular formula is C16H15F4N3O. The van der Waals surface area contributed by atoms with E-state index in [9.17, 15) is 17.6 Å². The maximum Gasteiger partial charge on any atom is 0.451 e. The Morgan fingerprint density at radius 1 is 1.29 bits per heavy atom. The number of rotatable bonds is 3. The molecule has 0 spiro atoms. The van der Waals surface area contributed by atoms with E-state index in [-0.39, 0.29) is 5.82 Å². The van der Waals surface area contributed by atoms with Gasteiger partial charge in [0.05, 0.1) is 12.8 Å². The summed E-state index contributed by atoms with van der Waals surface area (Å²) in [5, 5.41) is 0. The first-order chi connectivity index (χ1) is 11.4. The smallest absolute Gasteiger partial charge is 0.451 e. The van der Waals surface area contributed by atoms with E-state index in [0.29, 0.717) is 48.6 Å². The molecule has 0 bridgehead atoms. The second kappa shape index (κ2) is 6.35. The van der Waals surface area contributed by atoms with Gasteiger partial charge < -0.3 is 4.74 Å². The molecule has 0 amide bonds. The first kappa shape index (κ1) is 16.6. The van der Waals surface area contributed by atoms with Crippen LogP contribution in [0.3, 0.4) is 0 Å². The zero-order chi connectivity index (χ0) is 17.3. The van der Waals surface area contributed by atoms with Gasteiger partial charge in [-0.3, -0.25) is 4.90 Å². The molecular weight excluding hydrogens is 326 g/mol. The number of fused-ring (bicyclic) bond motifs is 1. The Labute approximate surface area is 136 Å². The topological polar surface area (TPSA) is 38.2 Å². The molecule has 128 valence electrons. The Kier molecular flexibility index (Phi) is 4.40. The Balaban J connectivity index is 1.74. The number of methoxy groups -OCH3 is 1. The van der Waals surface area contributed by atoms with Gasteiger partial charge in [0.2, 0.25) is 5.82 Å². The largest absolute Gasteiger partial charge is 0.497 e. The van der Waals surface area contributed by atoms with Gasteiger partial charge in [0.1, 0.15) is 11.6 Å². The molecule has 0 atom stereocenters. The van der Waals surface area contributed by atoms with E-state index in [1.54, 1.807) is 12.1 Å². The highest BCUT2D eigenvalue weighted by Crippen LogP contribution is 2.28. The lowest BCUT2D eigenvalue weighted by molar-refractivity contribution is -0.145. The highest BCUT2D eigenvalue weighted by Gasteiger charge is 2.35. The molecule has 4 nitrogen and oxygen atoms in total. The van der Waals surface area contributed by atoms with Gasteiger partial charge in [0.15, 0.2) is 0 Å². The summed E-state index contributed by atoms with van der Waals surface area (Å²) in [4.78, 5) is 8.95. The van der Waals surface area contributed by atoms with Crippen molar-refractivity contribution in [3.05, 3.63) is 52.9 Å². The van der Waals surface area contributed by atoms with Crippen molar-refractivity contribution < 1.29 is 22.3 Å². The van der Waals surface area contributed by atoms with Gasteiger partial charge in [0.25, 0.3) is 0 Å². The number of aromatic nitrogens is 2. The van der Waals surface area contributed by atoms with Crippen LogP contribution in [0.1, 0.15) is 22.6 Å². The second-order valence-corrected chi connectivity index (χ2v) is 5.58. The summed E-state index contributed by atoms with van der Waals surface area (Å²) in [5.74, 6) is -1.05. The molecule has 0 saturated carbocycles. The first-order valence-corrected chi connectivity index (χ1v) is 7.33. The lowest BCUT2D eigenvalue weighted by Gasteiger charge is -2.28. The van der Waals surface area contributed by atoms with Gasteiger partial charge in [-0.25, -0.2) is 14.4 Å². The highest BCUT2D eigenvalue weighted by molar-refractivity contribution is 5.29. The fourth-order valence-corrected chi connectivity index (χ4v) is 2.67. The van der Waals surface area contributed by atoms with E-state index in [0.717, 1.165) is 0 Å². The molecule has 1 aliphatic rings. The van der Waals surface area contributed by atoms with Crippen molar-refractivity contribution in [2.24, 2.45) is 0 Å². The van der Waals surface area contributed by atoms with Crippen molar-refractivity contribution in [1.82, 2.24) is 14.9 Å². The molecule has 1 aromatic heterocycles. The third kappa shape index (κ3) is 3.48. The van der Waals surface area contributed by atoms with Crippen molar-refractivity contribution in [2.45, 2.75) is 25.7 Å². The van der Waals surface area contributed by atoms with Crippen molar-refractivity contribution in [3.63, 3.8) is 0 Å². The van der Waals surface area contributed by atoms with Crippen LogP contribution in [0.4, 0.5) is 17.6 Å². The van der Waals surface area contributed by atoms with Crippen LogP contribution in [-0.2, 0) is 25.7 Å². The lowest BCUT2D eigenvalue weighted by atomic mass is 10.1. The zero-order valence-corrected chi connectivity index (χ0v) is 12.9. The minimum Gasteiger partial charge on any atom is -0.497 e. The Morgan fingerprint density at radius 2 is 2.08 bits per heavy atom. The summed E-state index contributed by atoms with van der Waals surface area (Å²) in [6.07, 6.45) is -2.96. The quantitative estimate of drug-likeness (QED) is 0.804.